The third-order valence-electron chi connectivity index (χ3n) is 5.74. The summed E-state index contributed by atoms with van der Waals surface area (Å²) in [6, 6.07) is 6.58. The number of rotatable bonds is 4. The van der Waals surface area contributed by atoms with Crippen molar-refractivity contribution < 1.29 is 27.6 Å². The van der Waals surface area contributed by atoms with Gasteiger partial charge in [-0.25, -0.2) is 4.98 Å². The van der Waals surface area contributed by atoms with E-state index in [-0.39, 0.29) is 17.2 Å². The van der Waals surface area contributed by atoms with Crippen LogP contribution in [-0.4, -0.2) is 73.2 Å². The van der Waals surface area contributed by atoms with Gasteiger partial charge in [0.1, 0.15) is 5.82 Å². The summed E-state index contributed by atoms with van der Waals surface area (Å²) in [5, 5.41) is 11.3. The average molecular weight is 465 g/mol. The van der Waals surface area contributed by atoms with E-state index in [0.717, 1.165) is 12.3 Å². The molecule has 0 N–H and O–H groups in total. The standard InChI is InChI=1S/C21H22F3N5O4/c22-21(23,24)15-1-4-19(25-14-15)27-5-7-28(8-6-27)20(30)17-13-16(29(31)32)2-3-18(17)26-9-11-33-12-10-26/h1-4,13-14H,5-12H2. The lowest BCUT2D eigenvalue weighted by Gasteiger charge is -2.36. The van der Waals surface area contributed by atoms with Crippen LogP contribution in [0.15, 0.2) is 36.5 Å². The molecule has 1 amide bonds. The Morgan fingerprint density at radius 1 is 1.00 bits per heavy atom. The molecule has 0 radical (unpaired) electrons. The van der Waals surface area contributed by atoms with Crippen LogP contribution < -0.4 is 9.80 Å². The topological polar surface area (TPSA) is 92.0 Å². The number of hydrogen-bond acceptors (Lipinski definition) is 7. The predicted molar refractivity (Wildman–Crippen MR) is 113 cm³/mol. The molecule has 2 aromatic rings. The molecule has 0 bridgehead atoms. The fourth-order valence-electron chi connectivity index (χ4n) is 3.94. The summed E-state index contributed by atoms with van der Waals surface area (Å²) in [6.07, 6.45) is -3.66. The number of amides is 1. The first-order valence-corrected chi connectivity index (χ1v) is 10.4. The van der Waals surface area contributed by atoms with Gasteiger partial charge in [0.05, 0.1) is 35.0 Å². The highest BCUT2D eigenvalue weighted by molar-refractivity contribution is 6.00. The summed E-state index contributed by atoms with van der Waals surface area (Å²) in [6.45, 7) is 3.54. The van der Waals surface area contributed by atoms with Crippen LogP contribution in [0.1, 0.15) is 15.9 Å². The van der Waals surface area contributed by atoms with E-state index >= 15 is 0 Å². The SMILES string of the molecule is O=C(c1cc([N+](=O)[O-])ccc1N1CCOCC1)N1CCN(c2ccc(C(F)(F)F)cn2)CC1. The van der Waals surface area contributed by atoms with Crippen molar-refractivity contribution in [3.05, 3.63) is 57.8 Å². The molecule has 0 spiro atoms. The number of nitro groups is 1. The zero-order valence-electron chi connectivity index (χ0n) is 17.6. The Hall–Kier alpha value is -3.41. The molecule has 2 aliphatic rings. The van der Waals surface area contributed by atoms with E-state index in [0.29, 0.717) is 64.0 Å². The van der Waals surface area contributed by atoms with E-state index in [2.05, 4.69) is 4.98 Å². The molecule has 2 fully saturated rings. The Balaban J connectivity index is 1.49. The fourth-order valence-corrected chi connectivity index (χ4v) is 3.94. The normalized spacial score (nSPS) is 17.2. The van der Waals surface area contributed by atoms with Crippen molar-refractivity contribution >= 4 is 23.1 Å². The number of ether oxygens (including phenoxy) is 1. The number of nitro benzene ring substituents is 1. The smallest absolute Gasteiger partial charge is 0.378 e. The van der Waals surface area contributed by atoms with Crippen molar-refractivity contribution in [3.8, 4) is 0 Å². The summed E-state index contributed by atoms with van der Waals surface area (Å²) in [5.41, 5.74) is -0.0998. The highest BCUT2D eigenvalue weighted by Gasteiger charge is 2.32. The number of morpholine rings is 1. The van der Waals surface area contributed by atoms with Gasteiger partial charge in [0.15, 0.2) is 0 Å². The minimum absolute atomic E-state index is 0.164. The van der Waals surface area contributed by atoms with Crippen LogP contribution in [-0.2, 0) is 10.9 Å². The molecular formula is C21H22F3N5O4. The number of anilines is 2. The van der Waals surface area contributed by atoms with E-state index in [1.807, 2.05) is 4.90 Å². The maximum absolute atomic E-state index is 13.3. The first kappa shape index (κ1) is 22.8. The Kier molecular flexibility index (Phi) is 6.36. The molecule has 12 heteroatoms. The van der Waals surface area contributed by atoms with Gasteiger partial charge in [0, 0.05) is 57.6 Å². The van der Waals surface area contributed by atoms with E-state index in [9.17, 15) is 28.1 Å². The number of carbonyl (C=O) groups excluding carboxylic acids is 1. The zero-order valence-corrected chi connectivity index (χ0v) is 17.6. The summed E-state index contributed by atoms with van der Waals surface area (Å²) >= 11 is 0. The monoisotopic (exact) mass is 465 g/mol. The van der Waals surface area contributed by atoms with Crippen LogP contribution in [0.25, 0.3) is 0 Å². The molecule has 0 atom stereocenters. The van der Waals surface area contributed by atoms with E-state index in [4.69, 9.17) is 4.74 Å². The first-order valence-electron chi connectivity index (χ1n) is 10.4. The van der Waals surface area contributed by atoms with Crippen LogP contribution in [0.2, 0.25) is 0 Å². The Morgan fingerprint density at radius 3 is 2.27 bits per heavy atom. The van der Waals surface area contributed by atoms with Gasteiger partial charge in [0.25, 0.3) is 11.6 Å². The van der Waals surface area contributed by atoms with Crippen LogP contribution >= 0.6 is 0 Å². The number of aromatic nitrogens is 1. The second-order valence-corrected chi connectivity index (χ2v) is 7.74. The van der Waals surface area contributed by atoms with Crippen LogP contribution in [0, 0.1) is 10.1 Å². The largest absolute Gasteiger partial charge is 0.417 e. The molecule has 1 aromatic heterocycles. The third-order valence-corrected chi connectivity index (χ3v) is 5.74. The molecule has 9 nitrogen and oxygen atoms in total. The highest BCUT2D eigenvalue weighted by atomic mass is 19.4. The van der Waals surface area contributed by atoms with Gasteiger partial charge in [-0.15, -0.1) is 0 Å². The molecule has 33 heavy (non-hydrogen) atoms. The predicted octanol–water partition coefficient (Wildman–Crippen LogP) is 2.81. The van der Waals surface area contributed by atoms with Crippen molar-refractivity contribution in [3.63, 3.8) is 0 Å². The average Bonchev–Trinajstić information content (AvgIpc) is 2.83. The van der Waals surface area contributed by atoms with Gasteiger partial charge in [0.2, 0.25) is 0 Å². The van der Waals surface area contributed by atoms with Crippen molar-refractivity contribution in [2.24, 2.45) is 0 Å². The molecular weight excluding hydrogens is 443 g/mol. The number of non-ortho nitro benzene ring substituents is 1. The van der Waals surface area contributed by atoms with Crippen molar-refractivity contribution in [2.45, 2.75) is 6.18 Å². The zero-order chi connectivity index (χ0) is 23.6. The van der Waals surface area contributed by atoms with Gasteiger partial charge in [-0.2, -0.15) is 13.2 Å². The molecule has 4 rings (SSSR count). The van der Waals surface area contributed by atoms with Crippen molar-refractivity contribution in [1.82, 2.24) is 9.88 Å². The number of carbonyl (C=O) groups is 1. The second-order valence-electron chi connectivity index (χ2n) is 7.74. The molecule has 1 aromatic carbocycles. The summed E-state index contributed by atoms with van der Waals surface area (Å²) in [7, 11) is 0. The Morgan fingerprint density at radius 2 is 1.70 bits per heavy atom. The molecule has 176 valence electrons. The van der Waals surface area contributed by atoms with E-state index in [1.54, 1.807) is 15.9 Å². The summed E-state index contributed by atoms with van der Waals surface area (Å²) in [5.74, 6) is 0.0830. The molecule has 0 saturated carbocycles. The fraction of sp³-hybridized carbons (Fsp3) is 0.429. The first-order chi connectivity index (χ1) is 15.7. The second kappa shape index (κ2) is 9.22. The Bertz CT molecular complexity index is 1020. The van der Waals surface area contributed by atoms with Crippen molar-refractivity contribution in [2.75, 3.05) is 62.3 Å². The van der Waals surface area contributed by atoms with E-state index in [1.165, 1.54) is 18.2 Å². The summed E-state index contributed by atoms with van der Waals surface area (Å²) < 4.78 is 43.6. The van der Waals surface area contributed by atoms with Crippen LogP contribution in [0.5, 0.6) is 0 Å². The maximum Gasteiger partial charge on any atom is 0.417 e. The van der Waals surface area contributed by atoms with Crippen LogP contribution in [0.4, 0.5) is 30.4 Å². The number of alkyl halides is 3. The maximum atomic E-state index is 13.3. The molecule has 2 aliphatic heterocycles. The minimum atomic E-state index is -4.45. The summed E-state index contributed by atoms with van der Waals surface area (Å²) in [4.78, 5) is 33.4. The number of benzene rings is 1. The molecule has 3 heterocycles. The number of pyridine rings is 1. The Labute approximate surface area is 187 Å². The van der Waals surface area contributed by atoms with Gasteiger partial charge in [-0.05, 0) is 18.2 Å². The van der Waals surface area contributed by atoms with Gasteiger partial charge >= 0.3 is 6.18 Å². The third kappa shape index (κ3) is 5.00. The molecule has 2 saturated heterocycles. The van der Waals surface area contributed by atoms with E-state index < -0.39 is 16.7 Å². The molecule has 0 aliphatic carbocycles. The van der Waals surface area contributed by atoms with Crippen molar-refractivity contribution in [1.29, 1.82) is 0 Å². The number of halogens is 3. The highest BCUT2D eigenvalue weighted by Crippen LogP contribution is 2.30. The minimum Gasteiger partial charge on any atom is -0.378 e. The quantitative estimate of drug-likeness (QED) is 0.507. The number of piperazine rings is 1. The molecule has 0 unspecified atom stereocenters. The van der Waals surface area contributed by atoms with Gasteiger partial charge in [-0.1, -0.05) is 0 Å². The lowest BCUT2D eigenvalue weighted by Crippen LogP contribution is -2.49. The van der Waals surface area contributed by atoms with Gasteiger partial charge < -0.3 is 19.4 Å². The number of nitrogens with zero attached hydrogens (tertiary/aromatic N) is 5. The number of hydrogen-bond donors (Lipinski definition) is 0. The van der Waals surface area contributed by atoms with Crippen LogP contribution in [0.3, 0.4) is 0 Å². The lowest BCUT2D eigenvalue weighted by molar-refractivity contribution is -0.384. The van der Waals surface area contributed by atoms with Gasteiger partial charge in [-0.3, -0.25) is 14.9 Å². The lowest BCUT2D eigenvalue weighted by atomic mass is 10.1.